The van der Waals surface area contributed by atoms with E-state index in [1.165, 1.54) is 22.7 Å². The predicted octanol–water partition coefficient (Wildman–Crippen LogP) is 3.79. The van der Waals surface area contributed by atoms with Crippen LogP contribution in [0.5, 0.6) is 0 Å². The molecule has 0 N–H and O–H groups in total. The fourth-order valence-corrected chi connectivity index (χ4v) is 5.01. The molecule has 0 radical (unpaired) electrons. The molecule has 0 aliphatic carbocycles. The van der Waals surface area contributed by atoms with Crippen molar-refractivity contribution >= 4 is 41.2 Å². The van der Waals surface area contributed by atoms with Crippen LogP contribution in [-0.2, 0) is 19.7 Å². The zero-order valence-electron chi connectivity index (χ0n) is 13.7. The molecule has 1 fully saturated rings. The maximum absolute atomic E-state index is 12.8. The fourth-order valence-electron chi connectivity index (χ4n) is 3.09. The summed E-state index contributed by atoms with van der Waals surface area (Å²) in [6.07, 6.45) is 2.26. The molecule has 0 spiro atoms. The van der Waals surface area contributed by atoms with Crippen molar-refractivity contribution < 1.29 is 23.9 Å². The number of rotatable bonds is 6. The van der Waals surface area contributed by atoms with Crippen LogP contribution in [-0.4, -0.2) is 31.8 Å². The molecule has 0 saturated carbocycles. The monoisotopic (exact) mass is 378 g/mol. The van der Waals surface area contributed by atoms with Gasteiger partial charge >= 0.3 is 5.97 Å². The highest BCUT2D eigenvalue weighted by Crippen LogP contribution is 2.46. The van der Waals surface area contributed by atoms with Gasteiger partial charge in [0.1, 0.15) is 5.41 Å². The minimum absolute atomic E-state index is 0.279. The van der Waals surface area contributed by atoms with Gasteiger partial charge in [-0.1, -0.05) is 0 Å². The molecule has 5 nitrogen and oxygen atoms in total. The number of carbonyl (C=O) groups excluding carboxylic acids is 3. The average Bonchev–Trinajstić information content (AvgIpc) is 3.31. The van der Waals surface area contributed by atoms with Gasteiger partial charge in [0.15, 0.2) is 12.6 Å². The maximum Gasteiger partial charge on any atom is 0.317 e. The van der Waals surface area contributed by atoms with Crippen LogP contribution in [0.3, 0.4) is 0 Å². The quantitative estimate of drug-likeness (QED) is 0.565. The third-order valence-electron chi connectivity index (χ3n) is 4.34. The topological polar surface area (TPSA) is 69.7 Å². The molecule has 0 amide bonds. The molecule has 2 aromatic rings. The Morgan fingerprint density at radius 2 is 1.96 bits per heavy atom. The van der Waals surface area contributed by atoms with Crippen LogP contribution in [0, 0.1) is 0 Å². The Labute approximate surface area is 153 Å². The van der Waals surface area contributed by atoms with Crippen molar-refractivity contribution in [1.29, 1.82) is 0 Å². The number of thiophene rings is 2. The van der Waals surface area contributed by atoms with Crippen molar-refractivity contribution in [3.63, 3.8) is 0 Å². The Bertz CT molecular complexity index is 778. The molecule has 132 valence electrons. The second-order valence-electron chi connectivity index (χ2n) is 5.79. The van der Waals surface area contributed by atoms with E-state index in [-0.39, 0.29) is 12.1 Å². The van der Waals surface area contributed by atoms with Gasteiger partial charge in [-0.05, 0) is 44.0 Å². The Kier molecular flexibility index (Phi) is 5.46. The fraction of sp³-hybridized carbons (Fsp3) is 0.389. The van der Waals surface area contributed by atoms with Crippen LogP contribution in [0.4, 0.5) is 0 Å². The zero-order chi connectivity index (χ0) is 17.9. The van der Waals surface area contributed by atoms with E-state index in [1.54, 1.807) is 19.1 Å². The van der Waals surface area contributed by atoms with E-state index in [2.05, 4.69) is 0 Å². The molecule has 2 atom stereocenters. The second kappa shape index (κ2) is 7.59. The Morgan fingerprint density at radius 1 is 1.24 bits per heavy atom. The Morgan fingerprint density at radius 3 is 2.60 bits per heavy atom. The van der Waals surface area contributed by atoms with Crippen molar-refractivity contribution in [3.8, 4) is 0 Å². The average molecular weight is 378 g/mol. The summed E-state index contributed by atoms with van der Waals surface area (Å²) in [5, 5.41) is 0. The molecule has 2 unspecified atom stereocenters. The lowest BCUT2D eigenvalue weighted by Gasteiger charge is -2.38. The molecule has 1 aliphatic rings. The summed E-state index contributed by atoms with van der Waals surface area (Å²) in [4.78, 5) is 37.8. The largest absolute Gasteiger partial charge is 0.465 e. The zero-order valence-corrected chi connectivity index (χ0v) is 15.4. The molecule has 2 aromatic heterocycles. The molecule has 3 heterocycles. The third-order valence-corrected chi connectivity index (χ3v) is 6.66. The molecule has 0 aromatic carbocycles. The highest BCUT2D eigenvalue weighted by atomic mass is 32.1. The molecule has 3 rings (SSSR count). The summed E-state index contributed by atoms with van der Waals surface area (Å²) < 4.78 is 11.2. The number of hydrogen-bond donors (Lipinski definition) is 0. The highest BCUT2D eigenvalue weighted by Gasteiger charge is 2.47. The van der Waals surface area contributed by atoms with Crippen LogP contribution in [0.2, 0.25) is 0 Å². The van der Waals surface area contributed by atoms with E-state index in [4.69, 9.17) is 9.47 Å². The van der Waals surface area contributed by atoms with Gasteiger partial charge in [-0.3, -0.25) is 14.4 Å². The van der Waals surface area contributed by atoms with Crippen LogP contribution in [0.1, 0.15) is 55.0 Å². The second-order valence-corrected chi connectivity index (χ2v) is 8.06. The van der Waals surface area contributed by atoms with Crippen molar-refractivity contribution in [2.75, 3.05) is 13.2 Å². The number of aldehydes is 2. The summed E-state index contributed by atoms with van der Waals surface area (Å²) in [6.45, 7) is 2.49. The van der Waals surface area contributed by atoms with Gasteiger partial charge in [0.2, 0.25) is 0 Å². The lowest BCUT2D eigenvalue weighted by atomic mass is 9.76. The Hall–Kier alpha value is -1.83. The first kappa shape index (κ1) is 18.0. The summed E-state index contributed by atoms with van der Waals surface area (Å²) >= 11 is 2.69. The van der Waals surface area contributed by atoms with E-state index < -0.39 is 5.41 Å². The number of carbonyl (C=O) groups is 3. The van der Waals surface area contributed by atoms with Gasteiger partial charge in [-0.25, -0.2) is 0 Å². The summed E-state index contributed by atoms with van der Waals surface area (Å²) in [5.74, 6) is -0.283. The van der Waals surface area contributed by atoms with E-state index in [0.29, 0.717) is 35.8 Å². The minimum atomic E-state index is -0.823. The minimum Gasteiger partial charge on any atom is -0.465 e. The van der Waals surface area contributed by atoms with E-state index in [9.17, 15) is 14.4 Å². The van der Waals surface area contributed by atoms with Crippen LogP contribution >= 0.6 is 22.7 Å². The third kappa shape index (κ3) is 3.44. The van der Waals surface area contributed by atoms with Crippen molar-refractivity contribution in [2.45, 2.75) is 31.3 Å². The lowest BCUT2D eigenvalue weighted by Crippen LogP contribution is -2.43. The van der Waals surface area contributed by atoms with E-state index >= 15 is 0 Å². The summed E-state index contributed by atoms with van der Waals surface area (Å²) in [5.41, 5.74) is -0.823. The van der Waals surface area contributed by atoms with Crippen LogP contribution < -0.4 is 0 Å². The molecular formula is C18H18O5S2. The van der Waals surface area contributed by atoms with Gasteiger partial charge in [-0.2, -0.15) is 0 Å². The predicted molar refractivity (Wildman–Crippen MR) is 95.7 cm³/mol. The van der Waals surface area contributed by atoms with E-state index in [0.717, 1.165) is 22.3 Å². The SMILES string of the molecule is CCOC(=O)C1(c2ccc(C=O)s2)CCOC(c2ccc(C=O)s2)C1. The number of ether oxygens (including phenoxy) is 2. The van der Waals surface area contributed by atoms with Gasteiger partial charge in [0.05, 0.1) is 22.5 Å². The van der Waals surface area contributed by atoms with Crippen molar-refractivity contribution in [2.24, 2.45) is 0 Å². The molecule has 1 saturated heterocycles. The van der Waals surface area contributed by atoms with Crippen molar-refractivity contribution in [1.82, 2.24) is 0 Å². The highest BCUT2D eigenvalue weighted by molar-refractivity contribution is 7.14. The van der Waals surface area contributed by atoms with E-state index in [1.807, 2.05) is 12.1 Å². The van der Waals surface area contributed by atoms with Crippen LogP contribution in [0.25, 0.3) is 0 Å². The van der Waals surface area contributed by atoms with Gasteiger partial charge in [0, 0.05) is 16.4 Å². The van der Waals surface area contributed by atoms with Gasteiger partial charge < -0.3 is 9.47 Å². The molecule has 1 aliphatic heterocycles. The normalized spacial score (nSPS) is 23.2. The van der Waals surface area contributed by atoms with Crippen molar-refractivity contribution in [3.05, 3.63) is 43.8 Å². The maximum atomic E-state index is 12.8. The number of esters is 1. The smallest absolute Gasteiger partial charge is 0.317 e. The molecular weight excluding hydrogens is 360 g/mol. The van der Waals surface area contributed by atoms with Gasteiger partial charge in [0.25, 0.3) is 0 Å². The summed E-state index contributed by atoms with van der Waals surface area (Å²) in [7, 11) is 0. The lowest BCUT2D eigenvalue weighted by molar-refractivity contribution is -0.156. The standard InChI is InChI=1S/C18H18O5S2/c1-2-22-17(21)18(16-6-4-13(11-20)25-16)7-8-23-14(9-18)15-5-3-12(10-19)24-15/h3-6,10-11,14H,2,7-9H2,1H3. The Balaban J connectivity index is 1.97. The molecule has 25 heavy (non-hydrogen) atoms. The summed E-state index contributed by atoms with van der Waals surface area (Å²) in [6, 6.07) is 7.19. The van der Waals surface area contributed by atoms with Crippen LogP contribution in [0.15, 0.2) is 24.3 Å². The number of hydrogen-bond acceptors (Lipinski definition) is 7. The molecule has 0 bridgehead atoms. The van der Waals surface area contributed by atoms with Gasteiger partial charge in [-0.15, -0.1) is 22.7 Å². The first-order valence-corrected chi connectivity index (χ1v) is 9.65. The first-order valence-electron chi connectivity index (χ1n) is 8.02. The first-order chi connectivity index (χ1) is 12.1. The molecule has 7 heteroatoms.